The van der Waals surface area contributed by atoms with Crippen molar-refractivity contribution in [3.63, 3.8) is 0 Å². The summed E-state index contributed by atoms with van der Waals surface area (Å²) in [6.45, 7) is 2.54. The van der Waals surface area contributed by atoms with Crippen LogP contribution in [0.3, 0.4) is 0 Å². The Morgan fingerprint density at radius 1 is 1.39 bits per heavy atom. The van der Waals surface area contributed by atoms with Gasteiger partial charge in [-0.2, -0.15) is 0 Å². The predicted molar refractivity (Wildman–Crippen MR) is 66.8 cm³/mol. The molecular formula is C14H16FNO2. The highest BCUT2D eigenvalue weighted by atomic mass is 19.1. The van der Waals surface area contributed by atoms with E-state index in [-0.39, 0.29) is 11.8 Å². The number of nitrogens with one attached hydrogen (secondary N) is 1. The summed E-state index contributed by atoms with van der Waals surface area (Å²) in [6, 6.07) is 8.04. The zero-order chi connectivity index (χ0) is 13.0. The minimum Gasteiger partial charge on any atom is -0.508 e. The van der Waals surface area contributed by atoms with E-state index < -0.39 is 5.82 Å². The molecule has 2 aromatic rings. The highest BCUT2D eigenvalue weighted by Gasteiger charge is 2.06. The number of phenolic OH excluding ortho intramolecular Hbond substituents is 1. The third kappa shape index (κ3) is 3.60. The largest absolute Gasteiger partial charge is 0.508 e. The third-order valence-corrected chi connectivity index (χ3v) is 2.68. The number of hydrogen-bond donors (Lipinski definition) is 2. The first-order valence-electron chi connectivity index (χ1n) is 5.87. The molecule has 1 atom stereocenters. The Kier molecular flexibility index (Phi) is 3.99. The number of benzene rings is 1. The topological polar surface area (TPSA) is 45.4 Å². The van der Waals surface area contributed by atoms with Gasteiger partial charge in [0.25, 0.3) is 0 Å². The van der Waals surface area contributed by atoms with E-state index in [1.165, 1.54) is 6.07 Å². The fraction of sp³-hybridized carbons (Fsp3) is 0.286. The second-order valence-electron chi connectivity index (χ2n) is 4.38. The molecule has 0 fully saturated rings. The average molecular weight is 249 g/mol. The summed E-state index contributed by atoms with van der Waals surface area (Å²) in [4.78, 5) is 0. The lowest BCUT2D eigenvalue weighted by molar-refractivity contribution is 0.452. The van der Waals surface area contributed by atoms with Gasteiger partial charge in [0.05, 0.1) is 6.26 Å². The SMILES string of the molecule is CC(Cc1ccco1)NCc1cc(O)cc(F)c1. The predicted octanol–water partition coefficient (Wildman–Crippen LogP) is 2.85. The Balaban J connectivity index is 1.87. The maximum Gasteiger partial charge on any atom is 0.127 e. The molecule has 1 heterocycles. The molecule has 2 N–H and O–H groups in total. The molecule has 0 aliphatic carbocycles. The molecule has 1 aromatic heterocycles. The van der Waals surface area contributed by atoms with E-state index in [4.69, 9.17) is 4.42 Å². The number of halogens is 1. The highest BCUT2D eigenvalue weighted by Crippen LogP contribution is 2.14. The Hall–Kier alpha value is -1.81. The van der Waals surface area contributed by atoms with Crippen molar-refractivity contribution in [2.75, 3.05) is 0 Å². The molecule has 0 amide bonds. The summed E-state index contributed by atoms with van der Waals surface area (Å²) in [7, 11) is 0. The van der Waals surface area contributed by atoms with Gasteiger partial charge in [-0.25, -0.2) is 4.39 Å². The smallest absolute Gasteiger partial charge is 0.127 e. The second kappa shape index (κ2) is 5.69. The summed E-state index contributed by atoms with van der Waals surface area (Å²) >= 11 is 0. The van der Waals surface area contributed by atoms with Crippen LogP contribution in [0.25, 0.3) is 0 Å². The Labute approximate surface area is 105 Å². The second-order valence-corrected chi connectivity index (χ2v) is 4.38. The minimum absolute atomic E-state index is 0.0505. The van der Waals surface area contributed by atoms with Crippen molar-refractivity contribution in [3.05, 3.63) is 53.7 Å². The Bertz CT molecular complexity index is 476. The molecule has 0 spiro atoms. The Morgan fingerprint density at radius 2 is 2.22 bits per heavy atom. The molecule has 18 heavy (non-hydrogen) atoms. The van der Waals surface area contributed by atoms with E-state index >= 15 is 0 Å². The monoisotopic (exact) mass is 249 g/mol. The first-order chi connectivity index (χ1) is 8.63. The number of phenols is 1. The first-order valence-corrected chi connectivity index (χ1v) is 5.87. The van der Waals surface area contributed by atoms with Crippen LogP contribution >= 0.6 is 0 Å². The van der Waals surface area contributed by atoms with Crippen molar-refractivity contribution >= 4 is 0 Å². The van der Waals surface area contributed by atoms with Crippen LogP contribution in [0.1, 0.15) is 18.2 Å². The van der Waals surface area contributed by atoms with Crippen molar-refractivity contribution in [3.8, 4) is 5.75 Å². The standard InChI is InChI=1S/C14H16FNO2/c1-10(5-14-3-2-4-18-14)16-9-11-6-12(15)8-13(17)7-11/h2-4,6-8,10,16-17H,5,9H2,1H3. The van der Waals surface area contributed by atoms with Crippen LogP contribution in [-0.4, -0.2) is 11.1 Å². The fourth-order valence-corrected chi connectivity index (χ4v) is 1.83. The molecule has 1 unspecified atom stereocenters. The van der Waals surface area contributed by atoms with Crippen molar-refractivity contribution in [1.29, 1.82) is 0 Å². The minimum atomic E-state index is -0.425. The van der Waals surface area contributed by atoms with Gasteiger partial charge in [0, 0.05) is 25.1 Å². The summed E-state index contributed by atoms with van der Waals surface area (Å²) in [5, 5.41) is 12.5. The number of hydrogen-bond acceptors (Lipinski definition) is 3. The molecule has 0 radical (unpaired) electrons. The molecule has 0 aliphatic rings. The lowest BCUT2D eigenvalue weighted by atomic mass is 10.1. The number of rotatable bonds is 5. The molecular weight excluding hydrogens is 233 g/mol. The van der Waals surface area contributed by atoms with Crippen LogP contribution in [0.15, 0.2) is 41.0 Å². The van der Waals surface area contributed by atoms with Crippen molar-refractivity contribution in [2.45, 2.75) is 25.9 Å². The van der Waals surface area contributed by atoms with Crippen molar-refractivity contribution < 1.29 is 13.9 Å². The molecule has 2 rings (SSSR count). The number of furan rings is 1. The van der Waals surface area contributed by atoms with Gasteiger partial charge in [-0.1, -0.05) is 0 Å². The molecule has 0 aliphatic heterocycles. The zero-order valence-electron chi connectivity index (χ0n) is 10.2. The fourth-order valence-electron chi connectivity index (χ4n) is 1.83. The van der Waals surface area contributed by atoms with Crippen LogP contribution in [0.4, 0.5) is 4.39 Å². The Morgan fingerprint density at radius 3 is 2.89 bits per heavy atom. The van der Waals surface area contributed by atoms with E-state index in [0.29, 0.717) is 6.54 Å². The quantitative estimate of drug-likeness (QED) is 0.856. The van der Waals surface area contributed by atoms with Gasteiger partial charge in [-0.05, 0) is 36.8 Å². The summed E-state index contributed by atoms with van der Waals surface area (Å²) in [6.07, 6.45) is 2.42. The van der Waals surface area contributed by atoms with E-state index in [0.717, 1.165) is 23.8 Å². The van der Waals surface area contributed by atoms with E-state index in [1.807, 2.05) is 19.1 Å². The lowest BCUT2D eigenvalue weighted by Gasteiger charge is -2.12. The van der Waals surface area contributed by atoms with Gasteiger partial charge >= 0.3 is 0 Å². The van der Waals surface area contributed by atoms with Gasteiger partial charge < -0.3 is 14.8 Å². The summed E-state index contributed by atoms with van der Waals surface area (Å²) < 4.78 is 18.3. The van der Waals surface area contributed by atoms with Crippen molar-refractivity contribution in [1.82, 2.24) is 5.32 Å². The maximum absolute atomic E-state index is 13.1. The summed E-state index contributed by atoms with van der Waals surface area (Å²) in [5.41, 5.74) is 0.721. The molecule has 0 saturated heterocycles. The first kappa shape index (κ1) is 12.6. The van der Waals surface area contributed by atoms with Crippen LogP contribution in [0, 0.1) is 5.82 Å². The van der Waals surface area contributed by atoms with Gasteiger partial charge in [0.2, 0.25) is 0 Å². The molecule has 0 saturated carbocycles. The average Bonchev–Trinajstić information content (AvgIpc) is 2.78. The molecule has 1 aromatic carbocycles. The van der Waals surface area contributed by atoms with Gasteiger partial charge in [-0.3, -0.25) is 0 Å². The van der Waals surface area contributed by atoms with Crippen LogP contribution in [-0.2, 0) is 13.0 Å². The molecule has 3 nitrogen and oxygen atoms in total. The van der Waals surface area contributed by atoms with Crippen LogP contribution in [0.2, 0.25) is 0 Å². The van der Waals surface area contributed by atoms with Gasteiger partial charge in [-0.15, -0.1) is 0 Å². The van der Waals surface area contributed by atoms with E-state index in [9.17, 15) is 9.50 Å². The molecule has 96 valence electrons. The van der Waals surface area contributed by atoms with Gasteiger partial charge in [0.15, 0.2) is 0 Å². The lowest BCUT2D eigenvalue weighted by Crippen LogP contribution is -2.27. The maximum atomic E-state index is 13.1. The van der Waals surface area contributed by atoms with Gasteiger partial charge in [0.1, 0.15) is 17.3 Å². The molecule has 4 heteroatoms. The normalized spacial score (nSPS) is 12.6. The molecule has 0 bridgehead atoms. The van der Waals surface area contributed by atoms with Crippen LogP contribution < -0.4 is 5.32 Å². The van der Waals surface area contributed by atoms with E-state index in [1.54, 1.807) is 12.3 Å². The highest BCUT2D eigenvalue weighted by molar-refractivity contribution is 5.28. The zero-order valence-corrected chi connectivity index (χ0v) is 10.2. The van der Waals surface area contributed by atoms with Crippen LogP contribution in [0.5, 0.6) is 5.75 Å². The summed E-state index contributed by atoms with van der Waals surface area (Å²) in [5.74, 6) is 0.438. The third-order valence-electron chi connectivity index (χ3n) is 2.68. The van der Waals surface area contributed by atoms with E-state index in [2.05, 4.69) is 5.32 Å². The van der Waals surface area contributed by atoms with Crippen molar-refractivity contribution in [2.24, 2.45) is 0 Å². The number of aromatic hydroxyl groups is 1.